The quantitative estimate of drug-likeness (QED) is 0.650. The highest BCUT2D eigenvalue weighted by Gasteiger charge is 2.32. The molecule has 0 unspecified atom stereocenters. The van der Waals surface area contributed by atoms with Crippen LogP contribution < -0.4 is 15.6 Å². The smallest absolute Gasteiger partial charge is 0.405 e. The molecule has 0 saturated carbocycles. The van der Waals surface area contributed by atoms with Gasteiger partial charge in [-0.3, -0.25) is 0 Å². The van der Waals surface area contributed by atoms with Crippen molar-refractivity contribution in [3.63, 3.8) is 0 Å². The van der Waals surface area contributed by atoms with Gasteiger partial charge in [0, 0.05) is 17.8 Å². The number of benzene rings is 2. The predicted octanol–water partition coefficient (Wildman–Crippen LogP) is 3.84. The zero-order valence-corrected chi connectivity index (χ0v) is 10.7. The molecule has 0 aliphatic carbocycles. The van der Waals surface area contributed by atoms with Crippen LogP contribution in [-0.2, 0) is 6.54 Å². The summed E-state index contributed by atoms with van der Waals surface area (Å²) < 4.78 is 53.8. The van der Waals surface area contributed by atoms with Crippen LogP contribution in [0, 0.1) is 5.82 Å². The summed E-state index contributed by atoms with van der Waals surface area (Å²) in [6.07, 6.45) is -4.82. The molecule has 0 aliphatic rings. The lowest BCUT2D eigenvalue weighted by Crippen LogP contribution is -2.23. The van der Waals surface area contributed by atoms with Crippen molar-refractivity contribution in [1.82, 2.24) is 5.43 Å². The topological polar surface area (TPSA) is 33.3 Å². The lowest BCUT2D eigenvalue weighted by molar-refractivity contribution is -0.274. The van der Waals surface area contributed by atoms with E-state index in [-0.39, 0.29) is 12.1 Å². The SMILES string of the molecule is Fc1ccc(OC(F)(F)F)c(CNNc2ccccc2)c1. The monoisotopic (exact) mass is 300 g/mol. The average Bonchev–Trinajstić information content (AvgIpc) is 2.42. The van der Waals surface area contributed by atoms with E-state index in [1.807, 2.05) is 6.07 Å². The zero-order chi connectivity index (χ0) is 15.3. The number of rotatable bonds is 5. The number of para-hydroxylation sites is 1. The van der Waals surface area contributed by atoms with Crippen molar-refractivity contribution in [1.29, 1.82) is 0 Å². The molecule has 0 heterocycles. The third-order valence-electron chi connectivity index (χ3n) is 2.53. The maximum atomic E-state index is 13.1. The van der Waals surface area contributed by atoms with Gasteiger partial charge in [-0.15, -0.1) is 13.2 Å². The minimum atomic E-state index is -4.82. The predicted molar refractivity (Wildman–Crippen MR) is 70.0 cm³/mol. The van der Waals surface area contributed by atoms with Crippen LogP contribution in [0.15, 0.2) is 48.5 Å². The third-order valence-corrected chi connectivity index (χ3v) is 2.53. The first-order valence-corrected chi connectivity index (χ1v) is 6.02. The van der Waals surface area contributed by atoms with Gasteiger partial charge in [-0.05, 0) is 30.3 Å². The molecule has 0 bridgehead atoms. The molecule has 112 valence electrons. The molecule has 0 aromatic heterocycles. The molecule has 3 nitrogen and oxygen atoms in total. The summed E-state index contributed by atoms with van der Waals surface area (Å²) in [4.78, 5) is 0. The molecule has 0 radical (unpaired) electrons. The molecule has 0 fully saturated rings. The summed E-state index contributed by atoms with van der Waals surface area (Å²) in [7, 11) is 0. The summed E-state index contributed by atoms with van der Waals surface area (Å²) >= 11 is 0. The molecular weight excluding hydrogens is 288 g/mol. The van der Waals surface area contributed by atoms with Crippen LogP contribution in [0.4, 0.5) is 23.2 Å². The van der Waals surface area contributed by atoms with Crippen molar-refractivity contribution in [2.45, 2.75) is 12.9 Å². The minimum Gasteiger partial charge on any atom is -0.405 e. The van der Waals surface area contributed by atoms with Crippen molar-refractivity contribution >= 4 is 5.69 Å². The Labute approximate surface area is 118 Å². The summed E-state index contributed by atoms with van der Waals surface area (Å²) in [6, 6.07) is 11.8. The molecule has 0 amide bonds. The van der Waals surface area contributed by atoms with E-state index in [2.05, 4.69) is 15.6 Å². The molecule has 7 heteroatoms. The van der Waals surface area contributed by atoms with Crippen LogP contribution in [0.5, 0.6) is 5.75 Å². The summed E-state index contributed by atoms with van der Waals surface area (Å²) in [5.41, 5.74) is 6.28. The Morgan fingerprint density at radius 2 is 1.71 bits per heavy atom. The zero-order valence-electron chi connectivity index (χ0n) is 10.7. The van der Waals surface area contributed by atoms with E-state index in [4.69, 9.17) is 0 Å². The van der Waals surface area contributed by atoms with Gasteiger partial charge in [0.25, 0.3) is 0 Å². The van der Waals surface area contributed by atoms with Gasteiger partial charge in [-0.2, -0.15) is 0 Å². The normalized spacial score (nSPS) is 11.2. The fourth-order valence-corrected chi connectivity index (χ4v) is 1.67. The molecule has 2 rings (SSSR count). The average molecular weight is 300 g/mol. The summed E-state index contributed by atoms with van der Waals surface area (Å²) in [6.45, 7) is -0.0436. The van der Waals surface area contributed by atoms with Gasteiger partial charge in [0.2, 0.25) is 0 Å². The summed E-state index contributed by atoms with van der Waals surface area (Å²) in [5.74, 6) is -1.08. The fraction of sp³-hybridized carbons (Fsp3) is 0.143. The van der Waals surface area contributed by atoms with Gasteiger partial charge < -0.3 is 10.2 Å². The molecule has 0 atom stereocenters. The maximum absolute atomic E-state index is 13.1. The Bertz CT molecular complexity index is 587. The largest absolute Gasteiger partial charge is 0.573 e. The highest BCUT2D eigenvalue weighted by atomic mass is 19.4. The Hall–Kier alpha value is -2.28. The number of anilines is 1. The van der Waals surface area contributed by atoms with E-state index < -0.39 is 17.9 Å². The second-order valence-corrected chi connectivity index (χ2v) is 4.14. The number of ether oxygens (including phenoxy) is 1. The number of hydrazine groups is 1. The molecular formula is C14H12F4N2O. The van der Waals surface area contributed by atoms with Crippen LogP contribution in [0.2, 0.25) is 0 Å². The fourth-order valence-electron chi connectivity index (χ4n) is 1.67. The Morgan fingerprint density at radius 3 is 2.38 bits per heavy atom. The van der Waals surface area contributed by atoms with Gasteiger partial charge >= 0.3 is 6.36 Å². The van der Waals surface area contributed by atoms with Gasteiger partial charge in [-0.1, -0.05) is 18.2 Å². The van der Waals surface area contributed by atoms with Crippen molar-refractivity contribution in [2.75, 3.05) is 5.43 Å². The van der Waals surface area contributed by atoms with E-state index in [1.54, 1.807) is 24.3 Å². The lowest BCUT2D eigenvalue weighted by Gasteiger charge is -2.14. The highest BCUT2D eigenvalue weighted by molar-refractivity contribution is 5.41. The van der Waals surface area contributed by atoms with Crippen molar-refractivity contribution in [3.05, 3.63) is 59.9 Å². The van der Waals surface area contributed by atoms with Gasteiger partial charge in [0.1, 0.15) is 11.6 Å². The van der Waals surface area contributed by atoms with Crippen LogP contribution in [0.1, 0.15) is 5.56 Å². The lowest BCUT2D eigenvalue weighted by atomic mass is 10.2. The molecule has 0 aliphatic heterocycles. The Balaban J connectivity index is 2.03. The van der Waals surface area contributed by atoms with Crippen LogP contribution >= 0.6 is 0 Å². The van der Waals surface area contributed by atoms with Gasteiger partial charge in [0.05, 0.1) is 0 Å². The Morgan fingerprint density at radius 1 is 1.00 bits per heavy atom. The van der Waals surface area contributed by atoms with E-state index in [9.17, 15) is 17.6 Å². The molecule has 2 aromatic rings. The first-order valence-electron chi connectivity index (χ1n) is 6.02. The minimum absolute atomic E-state index is 0.0436. The van der Waals surface area contributed by atoms with Crippen LogP contribution in [0.3, 0.4) is 0 Å². The standard InChI is InChI=1S/C14H12F4N2O/c15-11-6-7-13(21-14(16,17)18)10(8-11)9-19-20-12-4-2-1-3-5-12/h1-8,19-20H,9H2. The Kier molecular flexibility index (Phi) is 4.64. The molecule has 0 saturated heterocycles. The summed E-state index contributed by atoms with van der Waals surface area (Å²) in [5, 5.41) is 0. The number of nitrogens with one attached hydrogen (secondary N) is 2. The van der Waals surface area contributed by atoms with Crippen molar-refractivity contribution in [3.8, 4) is 5.75 Å². The second kappa shape index (κ2) is 6.45. The molecule has 2 N–H and O–H groups in total. The van der Waals surface area contributed by atoms with Crippen molar-refractivity contribution < 1.29 is 22.3 Å². The molecule has 21 heavy (non-hydrogen) atoms. The first-order chi connectivity index (χ1) is 9.94. The number of alkyl halides is 3. The number of halogens is 4. The van der Waals surface area contributed by atoms with Gasteiger partial charge in [0.15, 0.2) is 0 Å². The first kappa shape index (κ1) is 15.1. The van der Waals surface area contributed by atoms with E-state index >= 15 is 0 Å². The van der Waals surface area contributed by atoms with E-state index in [0.29, 0.717) is 0 Å². The molecule has 2 aromatic carbocycles. The van der Waals surface area contributed by atoms with Gasteiger partial charge in [-0.25, -0.2) is 9.82 Å². The second-order valence-electron chi connectivity index (χ2n) is 4.14. The van der Waals surface area contributed by atoms with Crippen molar-refractivity contribution in [2.24, 2.45) is 0 Å². The van der Waals surface area contributed by atoms with Crippen LogP contribution in [-0.4, -0.2) is 6.36 Å². The highest BCUT2D eigenvalue weighted by Crippen LogP contribution is 2.27. The van der Waals surface area contributed by atoms with E-state index in [0.717, 1.165) is 23.9 Å². The van der Waals surface area contributed by atoms with Crippen LogP contribution in [0.25, 0.3) is 0 Å². The molecule has 0 spiro atoms. The third kappa shape index (κ3) is 4.96. The van der Waals surface area contributed by atoms with E-state index in [1.165, 1.54) is 0 Å². The number of hydrogen-bond acceptors (Lipinski definition) is 3. The maximum Gasteiger partial charge on any atom is 0.573 e. The number of hydrogen-bond donors (Lipinski definition) is 2.